The molecule has 1 N–H and O–H groups in total. The van der Waals surface area contributed by atoms with Crippen LogP contribution in [0.5, 0.6) is 0 Å². The number of H-pyrrole nitrogens is 1. The summed E-state index contributed by atoms with van der Waals surface area (Å²) < 4.78 is 1.83. The van der Waals surface area contributed by atoms with E-state index in [4.69, 9.17) is 0 Å². The molecule has 0 aliphatic carbocycles. The lowest BCUT2D eigenvalue weighted by molar-refractivity contribution is -0.130. The smallest absolute Gasteiger partial charge is 0.242 e. The Bertz CT molecular complexity index is 524. The maximum absolute atomic E-state index is 12.1. The second kappa shape index (κ2) is 4.64. The van der Waals surface area contributed by atoms with Crippen LogP contribution >= 0.6 is 0 Å². The number of nitrogens with one attached hydrogen (secondary N) is 1. The van der Waals surface area contributed by atoms with Crippen LogP contribution in [-0.2, 0) is 11.3 Å². The summed E-state index contributed by atoms with van der Waals surface area (Å²) in [7, 11) is 0. The third kappa shape index (κ3) is 2.01. The molecule has 1 amide bonds. The predicted molar refractivity (Wildman–Crippen MR) is 65.6 cm³/mol. The van der Waals surface area contributed by atoms with Gasteiger partial charge in [-0.1, -0.05) is 0 Å². The molecule has 3 rings (SSSR count). The van der Waals surface area contributed by atoms with Crippen molar-refractivity contribution in [2.24, 2.45) is 0 Å². The van der Waals surface area contributed by atoms with E-state index in [9.17, 15) is 4.79 Å². The van der Waals surface area contributed by atoms with Gasteiger partial charge in [0.05, 0.1) is 0 Å². The Kier molecular flexibility index (Phi) is 2.84. The highest BCUT2D eigenvalue weighted by molar-refractivity contribution is 5.76. The number of hydrogen-bond donors (Lipinski definition) is 1. The van der Waals surface area contributed by atoms with Crippen molar-refractivity contribution in [1.29, 1.82) is 0 Å². The molecular formula is C12H15N5O. The van der Waals surface area contributed by atoms with Gasteiger partial charge in [-0.25, -0.2) is 9.97 Å². The third-order valence-electron chi connectivity index (χ3n) is 3.19. The zero-order valence-corrected chi connectivity index (χ0v) is 10.0. The Balaban J connectivity index is 1.77. The number of hydrogen-bond acceptors (Lipinski definition) is 3. The van der Waals surface area contributed by atoms with Crippen LogP contribution in [0.15, 0.2) is 24.8 Å². The fourth-order valence-corrected chi connectivity index (χ4v) is 2.25. The van der Waals surface area contributed by atoms with Gasteiger partial charge in [-0.2, -0.15) is 0 Å². The largest absolute Gasteiger partial charge is 0.342 e. The summed E-state index contributed by atoms with van der Waals surface area (Å²) in [6.45, 7) is 2.09. The van der Waals surface area contributed by atoms with Crippen molar-refractivity contribution in [3.63, 3.8) is 0 Å². The summed E-state index contributed by atoms with van der Waals surface area (Å²) in [6, 6.07) is 0. The maximum atomic E-state index is 12.1. The Morgan fingerprint density at radius 1 is 1.28 bits per heavy atom. The Morgan fingerprint density at radius 3 is 2.83 bits per heavy atom. The van der Waals surface area contributed by atoms with Gasteiger partial charge in [-0.05, 0) is 12.8 Å². The minimum Gasteiger partial charge on any atom is -0.342 e. The summed E-state index contributed by atoms with van der Waals surface area (Å²) in [6.07, 6.45) is 9.15. The lowest BCUT2D eigenvalue weighted by Crippen LogP contribution is -2.31. The van der Waals surface area contributed by atoms with Gasteiger partial charge >= 0.3 is 0 Å². The molecule has 0 saturated carbocycles. The van der Waals surface area contributed by atoms with Gasteiger partial charge in [-0.15, -0.1) is 0 Å². The Labute approximate surface area is 105 Å². The highest BCUT2D eigenvalue weighted by Crippen LogP contribution is 2.13. The standard InChI is InChI=1S/C12H15N5O/c18-10(16-6-1-2-7-16)9-17-8-5-15-12(17)11-13-3-4-14-11/h3-5,8H,1-2,6-7,9H2,(H,13,14). The third-order valence-corrected chi connectivity index (χ3v) is 3.19. The first kappa shape index (κ1) is 11.0. The van der Waals surface area contributed by atoms with E-state index in [1.807, 2.05) is 15.7 Å². The van der Waals surface area contributed by atoms with E-state index in [1.165, 1.54) is 0 Å². The van der Waals surface area contributed by atoms with Crippen molar-refractivity contribution in [3.8, 4) is 11.6 Å². The number of likely N-dealkylation sites (tertiary alicyclic amines) is 1. The summed E-state index contributed by atoms with van der Waals surface area (Å²) >= 11 is 0. The Morgan fingerprint density at radius 2 is 2.11 bits per heavy atom. The van der Waals surface area contributed by atoms with E-state index >= 15 is 0 Å². The minimum absolute atomic E-state index is 0.151. The number of imidazole rings is 2. The van der Waals surface area contributed by atoms with Gasteiger partial charge < -0.3 is 14.5 Å². The molecule has 6 heteroatoms. The second-order valence-corrected chi connectivity index (χ2v) is 4.40. The van der Waals surface area contributed by atoms with Crippen molar-refractivity contribution in [2.75, 3.05) is 13.1 Å². The van der Waals surface area contributed by atoms with Crippen molar-refractivity contribution in [2.45, 2.75) is 19.4 Å². The summed E-state index contributed by atoms with van der Waals surface area (Å²) in [5.41, 5.74) is 0. The molecule has 18 heavy (non-hydrogen) atoms. The number of carbonyl (C=O) groups is 1. The first-order chi connectivity index (χ1) is 8.84. The molecule has 94 valence electrons. The lowest BCUT2D eigenvalue weighted by atomic mass is 10.4. The fraction of sp³-hybridized carbons (Fsp3) is 0.417. The number of amides is 1. The van der Waals surface area contributed by atoms with Crippen LogP contribution in [0.1, 0.15) is 12.8 Å². The fourth-order valence-electron chi connectivity index (χ4n) is 2.25. The van der Waals surface area contributed by atoms with Crippen LogP contribution in [0, 0.1) is 0 Å². The number of rotatable bonds is 3. The van der Waals surface area contributed by atoms with Gasteiger partial charge in [0.15, 0.2) is 11.6 Å². The minimum atomic E-state index is 0.151. The highest BCUT2D eigenvalue weighted by atomic mass is 16.2. The van der Waals surface area contributed by atoms with Gasteiger partial charge in [0.2, 0.25) is 5.91 Å². The maximum Gasteiger partial charge on any atom is 0.242 e. The van der Waals surface area contributed by atoms with Crippen LogP contribution in [0.3, 0.4) is 0 Å². The molecule has 1 saturated heterocycles. The van der Waals surface area contributed by atoms with Crippen LogP contribution in [-0.4, -0.2) is 43.4 Å². The molecule has 6 nitrogen and oxygen atoms in total. The molecule has 3 heterocycles. The van der Waals surface area contributed by atoms with E-state index in [2.05, 4.69) is 15.0 Å². The van der Waals surface area contributed by atoms with Crippen molar-refractivity contribution < 1.29 is 4.79 Å². The average molecular weight is 245 g/mol. The molecule has 1 fully saturated rings. The van der Waals surface area contributed by atoms with Crippen molar-refractivity contribution in [1.82, 2.24) is 24.4 Å². The zero-order valence-electron chi connectivity index (χ0n) is 10.0. The van der Waals surface area contributed by atoms with E-state index < -0.39 is 0 Å². The molecule has 1 aliphatic rings. The van der Waals surface area contributed by atoms with Crippen LogP contribution in [0.4, 0.5) is 0 Å². The molecule has 0 radical (unpaired) electrons. The molecule has 0 unspecified atom stereocenters. The highest BCUT2D eigenvalue weighted by Gasteiger charge is 2.19. The first-order valence-corrected chi connectivity index (χ1v) is 6.13. The number of nitrogens with zero attached hydrogens (tertiary/aromatic N) is 4. The summed E-state index contributed by atoms with van der Waals surface area (Å²) in [5, 5.41) is 0. The van der Waals surface area contributed by atoms with Crippen LogP contribution in [0.25, 0.3) is 11.6 Å². The molecule has 0 aromatic carbocycles. The molecule has 2 aromatic heterocycles. The van der Waals surface area contributed by atoms with E-state index in [0.29, 0.717) is 18.2 Å². The molecule has 1 aliphatic heterocycles. The predicted octanol–water partition coefficient (Wildman–Crippen LogP) is 0.896. The molecule has 2 aromatic rings. The summed E-state index contributed by atoms with van der Waals surface area (Å²) in [5.74, 6) is 1.54. The van der Waals surface area contributed by atoms with Crippen molar-refractivity contribution in [3.05, 3.63) is 24.8 Å². The van der Waals surface area contributed by atoms with Gasteiger partial charge in [0.25, 0.3) is 0 Å². The van der Waals surface area contributed by atoms with E-state index in [0.717, 1.165) is 25.9 Å². The number of aromatic amines is 1. The van der Waals surface area contributed by atoms with Gasteiger partial charge in [0.1, 0.15) is 6.54 Å². The normalized spacial score (nSPS) is 15.2. The lowest BCUT2D eigenvalue weighted by Gasteiger charge is -2.16. The number of aromatic nitrogens is 4. The average Bonchev–Trinajstić information content (AvgIpc) is 3.11. The molecular weight excluding hydrogens is 230 g/mol. The zero-order chi connectivity index (χ0) is 12.4. The quantitative estimate of drug-likeness (QED) is 0.873. The second-order valence-electron chi connectivity index (χ2n) is 4.40. The summed E-state index contributed by atoms with van der Waals surface area (Å²) in [4.78, 5) is 25.4. The van der Waals surface area contributed by atoms with E-state index in [-0.39, 0.29) is 5.91 Å². The number of carbonyl (C=O) groups excluding carboxylic acids is 1. The monoisotopic (exact) mass is 245 g/mol. The van der Waals surface area contributed by atoms with Gasteiger partial charge in [-0.3, -0.25) is 4.79 Å². The van der Waals surface area contributed by atoms with Gasteiger partial charge in [0, 0.05) is 37.9 Å². The topological polar surface area (TPSA) is 66.8 Å². The van der Waals surface area contributed by atoms with Crippen LogP contribution in [0.2, 0.25) is 0 Å². The first-order valence-electron chi connectivity index (χ1n) is 6.13. The van der Waals surface area contributed by atoms with E-state index in [1.54, 1.807) is 18.6 Å². The SMILES string of the molecule is O=C(Cn1ccnc1-c1ncc[nH]1)N1CCCC1. The molecule has 0 bridgehead atoms. The van der Waals surface area contributed by atoms with Crippen molar-refractivity contribution >= 4 is 5.91 Å². The molecule has 0 atom stereocenters. The Hall–Kier alpha value is -2.11. The van der Waals surface area contributed by atoms with Crippen LogP contribution < -0.4 is 0 Å². The molecule has 0 spiro atoms.